The van der Waals surface area contributed by atoms with Gasteiger partial charge in [-0.3, -0.25) is 20.2 Å². The second-order valence-electron chi connectivity index (χ2n) is 8.98. The highest BCUT2D eigenvalue weighted by molar-refractivity contribution is 5.58. The number of likely N-dealkylation sites (N-methyl/N-ethyl adjacent to an activating group) is 1. The normalized spacial score (nSPS) is 13.4. The van der Waals surface area contributed by atoms with E-state index in [-0.39, 0.29) is 16.7 Å². The monoisotopic (exact) mass is 538 g/mol. The van der Waals surface area contributed by atoms with Gasteiger partial charge in [0.1, 0.15) is 5.56 Å². The summed E-state index contributed by atoms with van der Waals surface area (Å²) in [5.74, 6) is 0. The lowest BCUT2D eigenvalue weighted by Gasteiger charge is -2.30. The van der Waals surface area contributed by atoms with Crippen molar-refractivity contribution >= 4 is 22.7 Å². The van der Waals surface area contributed by atoms with Crippen LogP contribution in [0.2, 0.25) is 0 Å². The molecule has 9 nitrogen and oxygen atoms in total. The van der Waals surface area contributed by atoms with Gasteiger partial charge in [0.25, 0.3) is 11.4 Å². The molecule has 0 spiro atoms. The standard InChI is InChI=1S/C15H17F3N2O2.C11H16N2O3/c1-2-9-19(11-5-3-4-6-11)12-7-8-14(20(21)22)13(10-12)15(16,17)18;1-9-8-10(13(14)15)4-5-11(9)12(2)6-7-16-3/h2,7-8,10-11H,1,3-6,9H2;4-5,8H,6-7H2,1-3H3. The van der Waals surface area contributed by atoms with Crippen molar-refractivity contribution in [3.8, 4) is 0 Å². The maximum atomic E-state index is 13.1. The van der Waals surface area contributed by atoms with Gasteiger partial charge in [-0.2, -0.15) is 13.2 Å². The first-order chi connectivity index (χ1) is 17.9. The van der Waals surface area contributed by atoms with E-state index in [9.17, 15) is 33.4 Å². The lowest BCUT2D eigenvalue weighted by Crippen LogP contribution is -2.33. The number of nitrogens with zero attached hydrogens (tertiary/aromatic N) is 4. The number of nitro groups is 2. The molecule has 0 atom stereocenters. The van der Waals surface area contributed by atoms with Crippen LogP contribution >= 0.6 is 0 Å². The minimum absolute atomic E-state index is 0.126. The summed E-state index contributed by atoms with van der Waals surface area (Å²) in [6.45, 7) is 7.32. The van der Waals surface area contributed by atoms with Gasteiger partial charge >= 0.3 is 6.18 Å². The molecule has 0 radical (unpaired) electrons. The number of ether oxygens (including phenoxy) is 1. The highest BCUT2D eigenvalue weighted by Crippen LogP contribution is 2.39. The molecule has 0 aliphatic heterocycles. The first-order valence-electron chi connectivity index (χ1n) is 12.1. The topological polar surface area (TPSA) is 102 Å². The molecule has 0 aromatic heterocycles. The number of non-ortho nitro benzene ring substituents is 1. The highest BCUT2D eigenvalue weighted by Gasteiger charge is 2.39. The van der Waals surface area contributed by atoms with Crippen molar-refractivity contribution in [1.82, 2.24) is 0 Å². The van der Waals surface area contributed by atoms with Gasteiger partial charge in [0.2, 0.25) is 0 Å². The zero-order valence-corrected chi connectivity index (χ0v) is 21.7. The minimum atomic E-state index is -4.76. The molecule has 38 heavy (non-hydrogen) atoms. The third kappa shape index (κ3) is 8.17. The predicted molar refractivity (Wildman–Crippen MR) is 141 cm³/mol. The van der Waals surface area contributed by atoms with E-state index in [0.29, 0.717) is 18.8 Å². The largest absolute Gasteiger partial charge is 0.423 e. The van der Waals surface area contributed by atoms with Gasteiger partial charge in [-0.25, -0.2) is 0 Å². The number of benzene rings is 2. The molecule has 1 fully saturated rings. The maximum Gasteiger partial charge on any atom is 0.423 e. The zero-order chi connectivity index (χ0) is 28.5. The van der Waals surface area contributed by atoms with E-state index in [4.69, 9.17) is 4.74 Å². The van der Waals surface area contributed by atoms with Gasteiger partial charge in [0.15, 0.2) is 0 Å². The minimum Gasteiger partial charge on any atom is -0.383 e. The van der Waals surface area contributed by atoms with Crippen LogP contribution in [0.25, 0.3) is 0 Å². The number of nitro benzene ring substituents is 2. The van der Waals surface area contributed by atoms with Crippen molar-refractivity contribution in [1.29, 1.82) is 0 Å². The Hall–Kier alpha value is -3.67. The number of hydrogen-bond donors (Lipinski definition) is 0. The first kappa shape index (κ1) is 30.6. The molecule has 0 unspecified atom stereocenters. The summed E-state index contributed by atoms with van der Waals surface area (Å²) in [4.78, 5) is 23.9. The number of halogens is 3. The summed E-state index contributed by atoms with van der Waals surface area (Å²) in [6, 6.07) is 8.21. The van der Waals surface area contributed by atoms with E-state index in [1.54, 1.807) is 25.3 Å². The van der Waals surface area contributed by atoms with Crippen LogP contribution in [-0.4, -0.2) is 49.7 Å². The lowest BCUT2D eigenvalue weighted by molar-refractivity contribution is -0.388. The molecule has 0 amide bonds. The molecule has 0 saturated heterocycles. The summed E-state index contributed by atoms with van der Waals surface area (Å²) in [5, 5.41) is 21.4. The Labute approximate surface area is 219 Å². The molecule has 3 rings (SSSR count). The van der Waals surface area contributed by atoms with Crippen LogP contribution in [0.15, 0.2) is 49.1 Å². The summed E-state index contributed by atoms with van der Waals surface area (Å²) in [5.41, 5.74) is 0.241. The van der Waals surface area contributed by atoms with Crippen molar-refractivity contribution < 1.29 is 27.8 Å². The third-order valence-corrected chi connectivity index (χ3v) is 6.34. The fraction of sp³-hybridized carbons (Fsp3) is 0.462. The van der Waals surface area contributed by atoms with Crippen LogP contribution in [0.1, 0.15) is 36.8 Å². The average Bonchev–Trinajstić information content (AvgIpc) is 3.40. The van der Waals surface area contributed by atoms with Crippen LogP contribution in [0.4, 0.5) is 35.9 Å². The third-order valence-electron chi connectivity index (χ3n) is 6.34. The highest BCUT2D eigenvalue weighted by atomic mass is 19.4. The molecule has 1 aliphatic rings. The average molecular weight is 539 g/mol. The second kappa shape index (κ2) is 13.8. The maximum absolute atomic E-state index is 13.1. The Morgan fingerprint density at radius 3 is 2.26 bits per heavy atom. The molecule has 0 heterocycles. The number of anilines is 2. The molecule has 2 aromatic carbocycles. The predicted octanol–water partition coefficient (Wildman–Crippen LogP) is 6.53. The molecule has 12 heteroatoms. The smallest absolute Gasteiger partial charge is 0.383 e. The Morgan fingerprint density at radius 2 is 1.76 bits per heavy atom. The van der Waals surface area contributed by atoms with Crippen molar-refractivity contribution in [2.24, 2.45) is 0 Å². The fourth-order valence-electron chi connectivity index (χ4n) is 4.44. The molecule has 1 saturated carbocycles. The molecule has 1 aliphatic carbocycles. The van der Waals surface area contributed by atoms with E-state index in [2.05, 4.69) is 6.58 Å². The van der Waals surface area contributed by atoms with Crippen LogP contribution < -0.4 is 9.80 Å². The molecule has 208 valence electrons. The molecular weight excluding hydrogens is 505 g/mol. The molecule has 0 N–H and O–H groups in total. The second-order valence-corrected chi connectivity index (χ2v) is 8.98. The first-order valence-corrected chi connectivity index (χ1v) is 12.1. The Kier molecular flexibility index (Phi) is 11.1. The Morgan fingerprint density at radius 1 is 1.11 bits per heavy atom. The van der Waals surface area contributed by atoms with Crippen molar-refractivity contribution in [3.63, 3.8) is 0 Å². The number of methoxy groups -OCH3 is 1. The molecule has 0 bridgehead atoms. The van der Waals surface area contributed by atoms with Gasteiger partial charge in [-0.1, -0.05) is 18.9 Å². The summed E-state index contributed by atoms with van der Waals surface area (Å²) in [7, 11) is 3.59. The van der Waals surface area contributed by atoms with Crippen molar-refractivity contribution in [2.45, 2.75) is 44.8 Å². The van der Waals surface area contributed by atoms with E-state index < -0.39 is 22.4 Å². The fourth-order valence-corrected chi connectivity index (χ4v) is 4.44. The summed E-state index contributed by atoms with van der Waals surface area (Å²) >= 11 is 0. The molecular formula is C26H33F3N4O5. The van der Waals surface area contributed by atoms with Crippen LogP contribution in [0, 0.1) is 27.2 Å². The van der Waals surface area contributed by atoms with Crippen molar-refractivity contribution in [2.75, 3.05) is 43.7 Å². The van der Waals surface area contributed by atoms with E-state index in [1.165, 1.54) is 12.1 Å². The number of alkyl halides is 3. The van der Waals surface area contributed by atoms with Gasteiger partial charge in [-0.05, 0) is 43.5 Å². The quantitative estimate of drug-likeness (QED) is 0.192. The van der Waals surface area contributed by atoms with Gasteiger partial charge in [0.05, 0.1) is 16.5 Å². The van der Waals surface area contributed by atoms with Gasteiger partial charge < -0.3 is 14.5 Å². The number of hydrogen-bond acceptors (Lipinski definition) is 7. The van der Waals surface area contributed by atoms with E-state index in [0.717, 1.165) is 55.6 Å². The number of aryl methyl sites for hydroxylation is 1. The summed E-state index contributed by atoms with van der Waals surface area (Å²) < 4.78 is 44.2. The summed E-state index contributed by atoms with van der Waals surface area (Å²) in [6.07, 6.45) is 0.772. The van der Waals surface area contributed by atoms with Crippen LogP contribution in [-0.2, 0) is 10.9 Å². The Balaban J connectivity index is 0.000000281. The van der Waals surface area contributed by atoms with Gasteiger partial charge in [0, 0.05) is 62.9 Å². The lowest BCUT2D eigenvalue weighted by atomic mass is 10.1. The van der Waals surface area contributed by atoms with Gasteiger partial charge in [-0.15, -0.1) is 6.58 Å². The molecule has 2 aromatic rings. The van der Waals surface area contributed by atoms with E-state index in [1.807, 2.05) is 23.8 Å². The van der Waals surface area contributed by atoms with Crippen molar-refractivity contribution in [3.05, 3.63) is 80.4 Å². The van der Waals surface area contributed by atoms with Crippen LogP contribution in [0.3, 0.4) is 0 Å². The van der Waals surface area contributed by atoms with Crippen LogP contribution in [0.5, 0.6) is 0 Å². The Bertz CT molecular complexity index is 1120. The SMILES string of the molecule is C=CCN(c1ccc([N+](=O)[O-])c(C(F)(F)F)c1)C1CCCC1.COCCN(C)c1ccc([N+](=O)[O-])cc1C. The van der Waals surface area contributed by atoms with E-state index >= 15 is 0 Å². The number of rotatable bonds is 10. The zero-order valence-electron chi connectivity index (χ0n) is 21.7.